The molecule has 2 rings (SSSR count). The zero-order valence-corrected chi connectivity index (χ0v) is 15.5. The molecule has 0 bridgehead atoms. The summed E-state index contributed by atoms with van der Waals surface area (Å²) in [7, 11) is 3.86. The molecule has 1 heterocycles. The molecule has 0 radical (unpaired) electrons. The molecule has 2 aromatic rings. The van der Waals surface area contributed by atoms with E-state index in [0.717, 1.165) is 21.5 Å². The number of nitrogens with one attached hydrogen (secondary N) is 3. The minimum Gasteiger partial charge on any atom is -0.366 e. The smallest absolute Gasteiger partial charge is 0.222 e. The van der Waals surface area contributed by atoms with E-state index in [1.165, 1.54) is 5.56 Å². The first-order valence-electron chi connectivity index (χ1n) is 7.37. The quantitative estimate of drug-likeness (QED) is 0.362. The van der Waals surface area contributed by atoms with Crippen molar-refractivity contribution in [1.29, 1.82) is 0 Å². The summed E-state index contributed by atoms with van der Waals surface area (Å²) in [6.45, 7) is 2.73. The zero-order chi connectivity index (χ0) is 17.5. The molecule has 0 aliphatic heterocycles. The van der Waals surface area contributed by atoms with Crippen molar-refractivity contribution in [3.8, 4) is 0 Å². The number of nitrogens with zero attached hydrogens (tertiary/aromatic N) is 3. The van der Waals surface area contributed by atoms with Gasteiger partial charge in [0, 0.05) is 24.8 Å². The van der Waals surface area contributed by atoms with Gasteiger partial charge in [-0.2, -0.15) is 11.1 Å². The summed E-state index contributed by atoms with van der Waals surface area (Å²) in [5, 5.41) is 1.77. The number of hydrogen-bond acceptors (Lipinski definition) is 6. The van der Waals surface area contributed by atoms with Gasteiger partial charge in [-0.05, 0) is 52.7 Å². The lowest BCUT2D eigenvalue weighted by atomic mass is 10.2. The SMILES string of the molecule is Cc1ccnc(CN(C)c2c(Br)cccc2N(C)NNNC=O)c1. The van der Waals surface area contributed by atoms with Crippen molar-refractivity contribution in [2.24, 2.45) is 0 Å². The fraction of sp³-hybridized carbons (Fsp3) is 0.250. The number of rotatable bonds is 8. The van der Waals surface area contributed by atoms with Crippen molar-refractivity contribution in [2.75, 3.05) is 24.0 Å². The number of carbonyl (C=O) groups excluding carboxylic acids is 1. The summed E-state index contributed by atoms with van der Waals surface area (Å²) in [5.74, 6) is 0. The lowest BCUT2D eigenvalue weighted by Gasteiger charge is -2.29. The molecular weight excluding hydrogens is 372 g/mol. The molecule has 3 N–H and O–H groups in total. The Morgan fingerprint density at radius 1 is 1.29 bits per heavy atom. The van der Waals surface area contributed by atoms with E-state index in [4.69, 9.17) is 0 Å². The molecule has 0 saturated heterocycles. The molecule has 0 aliphatic rings. The van der Waals surface area contributed by atoms with Crippen LogP contribution in [0.3, 0.4) is 0 Å². The van der Waals surface area contributed by atoms with Crippen LogP contribution < -0.4 is 26.4 Å². The van der Waals surface area contributed by atoms with Crippen LogP contribution in [0.15, 0.2) is 41.0 Å². The van der Waals surface area contributed by atoms with Crippen LogP contribution in [0.1, 0.15) is 11.3 Å². The molecule has 0 unspecified atom stereocenters. The molecule has 0 saturated carbocycles. The molecule has 0 atom stereocenters. The van der Waals surface area contributed by atoms with Gasteiger partial charge in [0.15, 0.2) is 0 Å². The Kier molecular flexibility index (Phi) is 6.53. The van der Waals surface area contributed by atoms with E-state index in [1.807, 2.05) is 44.6 Å². The number of halogens is 1. The maximum atomic E-state index is 10.3. The Hall–Kier alpha value is -2.16. The normalized spacial score (nSPS) is 10.3. The van der Waals surface area contributed by atoms with E-state index in [9.17, 15) is 4.79 Å². The van der Waals surface area contributed by atoms with Gasteiger partial charge >= 0.3 is 0 Å². The van der Waals surface area contributed by atoms with Gasteiger partial charge in [0.2, 0.25) is 6.41 Å². The summed E-state index contributed by atoms with van der Waals surface area (Å²) in [4.78, 5) is 16.9. The molecule has 1 aromatic carbocycles. The fourth-order valence-corrected chi connectivity index (χ4v) is 3.02. The number of aromatic nitrogens is 1. The second kappa shape index (κ2) is 8.62. The van der Waals surface area contributed by atoms with Gasteiger partial charge in [-0.15, -0.1) is 0 Å². The third kappa shape index (κ3) is 4.67. The molecule has 0 fully saturated rings. The Bertz CT molecular complexity index is 696. The summed E-state index contributed by atoms with van der Waals surface area (Å²) in [5.41, 5.74) is 11.9. The van der Waals surface area contributed by atoms with Crippen molar-refractivity contribution in [3.63, 3.8) is 0 Å². The molecule has 0 spiro atoms. The van der Waals surface area contributed by atoms with Crippen LogP contribution in [-0.2, 0) is 11.3 Å². The summed E-state index contributed by atoms with van der Waals surface area (Å²) in [6, 6.07) is 9.98. The van der Waals surface area contributed by atoms with Gasteiger partial charge in [-0.1, -0.05) is 6.07 Å². The molecular formula is C16H21BrN6O. The Balaban J connectivity index is 2.22. The van der Waals surface area contributed by atoms with Gasteiger partial charge in [0.05, 0.1) is 23.6 Å². The molecule has 24 heavy (non-hydrogen) atoms. The van der Waals surface area contributed by atoms with E-state index in [0.29, 0.717) is 13.0 Å². The van der Waals surface area contributed by atoms with Crippen LogP contribution in [-0.4, -0.2) is 25.5 Å². The highest BCUT2D eigenvalue weighted by molar-refractivity contribution is 9.10. The predicted octanol–water partition coefficient (Wildman–Crippen LogP) is 1.90. The topological polar surface area (TPSA) is 72.5 Å². The average Bonchev–Trinajstić information content (AvgIpc) is 2.54. The van der Waals surface area contributed by atoms with Gasteiger partial charge in [-0.25, -0.2) is 0 Å². The maximum Gasteiger partial charge on any atom is 0.222 e. The lowest BCUT2D eigenvalue weighted by Crippen LogP contribution is -2.51. The number of para-hydroxylation sites is 1. The number of benzene rings is 1. The van der Waals surface area contributed by atoms with E-state index in [-0.39, 0.29) is 0 Å². The van der Waals surface area contributed by atoms with Crippen molar-refractivity contribution in [3.05, 3.63) is 52.3 Å². The monoisotopic (exact) mass is 392 g/mol. The maximum absolute atomic E-state index is 10.3. The van der Waals surface area contributed by atoms with Crippen LogP contribution in [0.5, 0.6) is 0 Å². The van der Waals surface area contributed by atoms with Crippen molar-refractivity contribution < 1.29 is 4.79 Å². The predicted molar refractivity (Wildman–Crippen MR) is 99.1 cm³/mol. The van der Waals surface area contributed by atoms with Gasteiger partial charge in [-0.3, -0.25) is 20.2 Å². The second-order valence-corrected chi connectivity index (χ2v) is 6.20. The molecule has 128 valence electrons. The van der Waals surface area contributed by atoms with Crippen LogP contribution in [0.2, 0.25) is 0 Å². The molecule has 8 heteroatoms. The Morgan fingerprint density at radius 3 is 2.79 bits per heavy atom. The first kappa shape index (κ1) is 18.2. The van der Waals surface area contributed by atoms with Gasteiger partial charge in [0.1, 0.15) is 0 Å². The summed E-state index contributed by atoms with van der Waals surface area (Å²) >= 11 is 3.62. The number of hydrogen-bond donors (Lipinski definition) is 3. The van der Waals surface area contributed by atoms with E-state index in [2.05, 4.69) is 55.3 Å². The van der Waals surface area contributed by atoms with Crippen molar-refractivity contribution in [2.45, 2.75) is 13.5 Å². The fourth-order valence-electron chi connectivity index (χ4n) is 2.37. The molecule has 7 nitrogen and oxygen atoms in total. The molecule has 1 amide bonds. The minimum atomic E-state index is 0.554. The van der Waals surface area contributed by atoms with E-state index >= 15 is 0 Å². The number of hydrazine groups is 3. The number of carbonyl (C=O) groups is 1. The van der Waals surface area contributed by atoms with Crippen LogP contribution in [0, 0.1) is 6.92 Å². The number of amides is 1. The lowest BCUT2D eigenvalue weighted by molar-refractivity contribution is -0.110. The standard InChI is InChI=1S/C16H21BrN6O/c1-12-7-8-18-13(9-12)10-22(2)16-14(17)5-4-6-15(16)23(3)21-20-19-11-24/h4-9,11,20-21H,10H2,1-3H3,(H,19,24). The Labute approximate surface area is 150 Å². The highest BCUT2D eigenvalue weighted by Crippen LogP contribution is 2.35. The van der Waals surface area contributed by atoms with Crippen LogP contribution >= 0.6 is 15.9 Å². The highest BCUT2D eigenvalue weighted by Gasteiger charge is 2.15. The first-order valence-corrected chi connectivity index (χ1v) is 8.17. The first-order chi connectivity index (χ1) is 11.5. The molecule has 0 aliphatic carbocycles. The third-order valence-electron chi connectivity index (χ3n) is 3.43. The summed E-state index contributed by atoms with van der Waals surface area (Å²) < 4.78 is 0.965. The highest BCUT2D eigenvalue weighted by atomic mass is 79.9. The summed E-state index contributed by atoms with van der Waals surface area (Å²) in [6.07, 6.45) is 2.38. The van der Waals surface area contributed by atoms with Crippen molar-refractivity contribution >= 4 is 33.7 Å². The van der Waals surface area contributed by atoms with E-state index in [1.54, 1.807) is 5.01 Å². The number of anilines is 2. The zero-order valence-electron chi connectivity index (χ0n) is 13.9. The van der Waals surface area contributed by atoms with Gasteiger partial charge < -0.3 is 4.90 Å². The number of aryl methyl sites for hydroxylation is 1. The van der Waals surface area contributed by atoms with Gasteiger partial charge in [0.25, 0.3) is 0 Å². The van der Waals surface area contributed by atoms with E-state index < -0.39 is 0 Å². The average molecular weight is 393 g/mol. The van der Waals surface area contributed by atoms with Crippen LogP contribution in [0.25, 0.3) is 0 Å². The molecule has 1 aromatic heterocycles. The minimum absolute atomic E-state index is 0.554. The number of pyridine rings is 1. The van der Waals surface area contributed by atoms with Crippen LogP contribution in [0.4, 0.5) is 11.4 Å². The van der Waals surface area contributed by atoms with Crippen molar-refractivity contribution in [1.82, 2.24) is 21.5 Å². The third-order valence-corrected chi connectivity index (χ3v) is 4.07. The largest absolute Gasteiger partial charge is 0.366 e. The second-order valence-electron chi connectivity index (χ2n) is 5.35. The Morgan fingerprint density at radius 2 is 2.08 bits per heavy atom.